The topological polar surface area (TPSA) is 79.6 Å². The number of aliphatic carboxylic acids is 1. The van der Waals surface area contributed by atoms with Crippen molar-refractivity contribution in [2.45, 2.75) is 19.0 Å². The summed E-state index contributed by atoms with van der Waals surface area (Å²) in [5, 5.41) is 8.88. The molecule has 0 saturated heterocycles. The second kappa shape index (κ2) is 4.58. The Morgan fingerprint density at radius 3 is 2.82 bits per heavy atom. The number of rotatable bonds is 3. The Labute approximate surface area is 111 Å². The molecule has 1 aromatic rings. The van der Waals surface area contributed by atoms with Crippen LogP contribution in [0.4, 0.5) is 0 Å². The van der Waals surface area contributed by atoms with Crippen molar-refractivity contribution in [2.24, 2.45) is 0 Å². The van der Waals surface area contributed by atoms with Gasteiger partial charge in [0.05, 0.1) is 33.7 Å². The zero-order valence-corrected chi connectivity index (χ0v) is 11.8. The van der Waals surface area contributed by atoms with Crippen molar-refractivity contribution >= 4 is 34.4 Å². The first-order valence-corrected chi connectivity index (χ1v) is 8.96. The lowest BCUT2D eigenvalue weighted by molar-refractivity contribution is -0.138. The summed E-state index contributed by atoms with van der Waals surface area (Å²) in [6, 6.07) is 2.95. The van der Waals surface area contributed by atoms with Crippen LogP contribution in [0, 0.1) is 0 Å². The summed E-state index contributed by atoms with van der Waals surface area (Å²) in [5.41, 5.74) is 0.735. The Morgan fingerprint density at radius 2 is 2.24 bits per heavy atom. The molecule has 94 valence electrons. The highest BCUT2D eigenvalue weighted by molar-refractivity contribution is 14.2. The second-order valence-corrected chi connectivity index (χ2v) is 8.43. The van der Waals surface area contributed by atoms with Gasteiger partial charge in [-0.15, -0.1) is 0 Å². The number of carboxylic acid groups (broad SMARTS) is 1. The monoisotopic (exact) mass is 370 g/mol. The molecule has 1 aromatic heterocycles. The Kier molecular flexibility index (Phi) is 3.46. The fraction of sp³-hybridized carbons (Fsp3) is 0.444. The largest absolute Gasteiger partial charge is 0.481 e. The van der Waals surface area contributed by atoms with Crippen molar-refractivity contribution in [1.82, 2.24) is 8.87 Å². The minimum absolute atomic E-state index is 0.216. The minimum atomic E-state index is -3.41. The lowest BCUT2D eigenvalue weighted by Gasteiger charge is -2.33. The van der Waals surface area contributed by atoms with E-state index >= 15 is 0 Å². The van der Waals surface area contributed by atoms with Gasteiger partial charge in [-0.05, 0) is 12.1 Å². The van der Waals surface area contributed by atoms with E-state index in [1.54, 1.807) is 12.1 Å². The number of hydrogen-bond acceptors (Lipinski definition) is 3. The van der Waals surface area contributed by atoms with Gasteiger partial charge in [0.15, 0.2) is 0 Å². The molecule has 8 heteroatoms. The highest BCUT2D eigenvalue weighted by Crippen LogP contribution is 2.33. The molecule has 1 unspecified atom stereocenters. The van der Waals surface area contributed by atoms with Crippen LogP contribution in [-0.4, -0.2) is 34.9 Å². The number of nitrogens with zero attached hydrogens (tertiary/aromatic N) is 2. The molecule has 2 rings (SSSR count). The average Bonchev–Trinajstić information content (AvgIpc) is 2.63. The van der Waals surface area contributed by atoms with E-state index in [1.165, 1.54) is 25.5 Å². The molecule has 1 atom stereocenters. The van der Waals surface area contributed by atoms with Crippen molar-refractivity contribution < 1.29 is 18.3 Å². The molecule has 6 nitrogen and oxygen atoms in total. The van der Waals surface area contributed by atoms with Gasteiger partial charge in [0, 0.05) is 25.0 Å². The molecule has 0 spiro atoms. The summed E-state index contributed by atoms with van der Waals surface area (Å²) in [6.07, 6.45) is 1.62. The van der Waals surface area contributed by atoms with Gasteiger partial charge in [-0.25, -0.2) is 8.42 Å². The lowest BCUT2D eigenvalue weighted by Crippen LogP contribution is -2.40. The molecule has 0 amide bonds. The molecule has 0 bridgehead atoms. The van der Waals surface area contributed by atoms with Crippen LogP contribution in [0.15, 0.2) is 18.3 Å². The molecular weight excluding hydrogens is 359 g/mol. The number of hydrogen-bond donors (Lipinski definition) is 1. The van der Waals surface area contributed by atoms with Crippen molar-refractivity contribution in [3.05, 3.63) is 24.0 Å². The summed E-state index contributed by atoms with van der Waals surface area (Å²) in [5.74, 6) is -1.00. The lowest BCUT2D eigenvalue weighted by atomic mass is 10.1. The van der Waals surface area contributed by atoms with E-state index in [4.69, 9.17) is 5.11 Å². The molecule has 1 aliphatic rings. The Balaban J connectivity index is 2.41. The number of aromatic nitrogens is 1. The SMILES string of the molecule is O=C(O)CC1c2cccn2CCN1S(=O)(=O)I. The van der Waals surface area contributed by atoms with Gasteiger partial charge < -0.3 is 9.67 Å². The number of fused-ring (bicyclic) bond motifs is 1. The number of carbonyl (C=O) groups is 1. The maximum atomic E-state index is 11.6. The molecule has 1 N–H and O–H groups in total. The molecule has 0 radical (unpaired) electrons. The predicted octanol–water partition coefficient (Wildman–Crippen LogP) is 0.999. The van der Waals surface area contributed by atoms with Crippen LogP contribution in [0.3, 0.4) is 0 Å². The van der Waals surface area contributed by atoms with E-state index in [-0.39, 0.29) is 6.42 Å². The Bertz CT molecular complexity index is 539. The van der Waals surface area contributed by atoms with Crippen molar-refractivity contribution in [2.75, 3.05) is 6.54 Å². The van der Waals surface area contributed by atoms with Crippen LogP contribution < -0.4 is 0 Å². The van der Waals surface area contributed by atoms with Crippen LogP contribution in [0.25, 0.3) is 0 Å². The van der Waals surface area contributed by atoms with Crippen LogP contribution in [0.5, 0.6) is 0 Å². The molecule has 2 heterocycles. The summed E-state index contributed by atoms with van der Waals surface area (Å²) < 4.78 is 26.4. The molecule has 17 heavy (non-hydrogen) atoms. The number of halogens is 1. The van der Waals surface area contributed by atoms with E-state index in [0.717, 1.165) is 5.69 Å². The highest BCUT2D eigenvalue weighted by Gasteiger charge is 2.35. The van der Waals surface area contributed by atoms with Crippen molar-refractivity contribution in [1.29, 1.82) is 0 Å². The van der Waals surface area contributed by atoms with Gasteiger partial charge in [0.1, 0.15) is 0 Å². The smallest absolute Gasteiger partial charge is 0.305 e. The van der Waals surface area contributed by atoms with Gasteiger partial charge >= 0.3 is 5.97 Å². The fourth-order valence-corrected chi connectivity index (χ4v) is 4.28. The molecule has 0 aliphatic carbocycles. The minimum Gasteiger partial charge on any atom is -0.481 e. The second-order valence-electron chi connectivity index (χ2n) is 3.79. The van der Waals surface area contributed by atoms with Crippen LogP contribution in [-0.2, 0) is 18.5 Å². The average molecular weight is 370 g/mol. The van der Waals surface area contributed by atoms with E-state index in [2.05, 4.69) is 0 Å². The van der Waals surface area contributed by atoms with E-state index in [0.29, 0.717) is 13.1 Å². The summed E-state index contributed by atoms with van der Waals surface area (Å²) in [7, 11) is -3.41. The third kappa shape index (κ3) is 2.63. The van der Waals surface area contributed by atoms with E-state index in [1.807, 2.05) is 10.8 Å². The predicted molar refractivity (Wildman–Crippen MR) is 69.1 cm³/mol. The Morgan fingerprint density at radius 1 is 1.53 bits per heavy atom. The van der Waals surface area contributed by atoms with E-state index < -0.39 is 19.2 Å². The van der Waals surface area contributed by atoms with Gasteiger partial charge in [-0.2, -0.15) is 4.31 Å². The first-order chi connectivity index (χ1) is 7.89. The van der Waals surface area contributed by atoms with Crippen LogP contribution in [0.1, 0.15) is 18.2 Å². The van der Waals surface area contributed by atoms with Gasteiger partial charge in [-0.1, -0.05) is 0 Å². The standard InChI is InChI=1S/C9H11IN2O4S/c10-17(15,16)12-5-4-11-3-1-2-7(11)8(12)6-9(13)14/h1-3,8H,4-6H2,(H,13,14). The Hall–Kier alpha value is -0.610. The van der Waals surface area contributed by atoms with Crippen LogP contribution >= 0.6 is 21.2 Å². The van der Waals surface area contributed by atoms with Gasteiger partial charge in [0.25, 0.3) is 7.19 Å². The maximum Gasteiger partial charge on any atom is 0.305 e. The molecular formula is C9H11IN2O4S. The highest BCUT2D eigenvalue weighted by atomic mass is 127. The normalized spacial score (nSPS) is 21.1. The fourth-order valence-electron chi connectivity index (χ4n) is 2.08. The molecule has 0 saturated carbocycles. The first kappa shape index (κ1) is 12.8. The first-order valence-electron chi connectivity index (χ1n) is 4.98. The zero-order valence-electron chi connectivity index (χ0n) is 8.78. The quantitative estimate of drug-likeness (QED) is 0.636. The summed E-state index contributed by atoms with van der Waals surface area (Å²) >= 11 is 1.35. The van der Waals surface area contributed by atoms with Gasteiger partial charge in [0.2, 0.25) is 0 Å². The third-order valence-electron chi connectivity index (χ3n) is 2.76. The molecule has 1 aliphatic heterocycles. The zero-order chi connectivity index (χ0) is 12.6. The van der Waals surface area contributed by atoms with Gasteiger partial charge in [-0.3, -0.25) is 4.79 Å². The summed E-state index contributed by atoms with van der Waals surface area (Å²) in [4.78, 5) is 10.8. The maximum absolute atomic E-state index is 11.6. The van der Waals surface area contributed by atoms with Crippen molar-refractivity contribution in [3.8, 4) is 0 Å². The molecule has 0 fully saturated rings. The van der Waals surface area contributed by atoms with Crippen LogP contribution in [0.2, 0.25) is 0 Å². The number of carboxylic acids is 1. The third-order valence-corrected chi connectivity index (χ3v) is 5.28. The van der Waals surface area contributed by atoms with E-state index in [9.17, 15) is 13.2 Å². The summed E-state index contributed by atoms with van der Waals surface area (Å²) in [6.45, 7) is 0.867. The molecule has 0 aromatic carbocycles. The van der Waals surface area contributed by atoms with Crippen molar-refractivity contribution in [3.63, 3.8) is 0 Å².